The molecular weight excluding hydrogens is 302 g/mol. The van der Waals surface area contributed by atoms with Crippen molar-refractivity contribution < 1.29 is 13.5 Å². The largest absolute Gasteiger partial charge is 0.434 e. The van der Waals surface area contributed by atoms with E-state index in [0.717, 1.165) is 10.8 Å². The summed E-state index contributed by atoms with van der Waals surface area (Å²) in [6, 6.07) is 14.0. The minimum atomic E-state index is -2.89. The van der Waals surface area contributed by atoms with Crippen LogP contribution in [0.2, 0.25) is 0 Å². The van der Waals surface area contributed by atoms with Crippen LogP contribution in [0.25, 0.3) is 10.8 Å². The Hall–Kier alpha value is -3.09. The predicted octanol–water partition coefficient (Wildman–Crippen LogP) is 3.68. The maximum atomic E-state index is 12.4. The number of hydrazone groups is 1. The molecule has 0 aliphatic rings. The molecule has 3 aromatic rings. The first-order valence-corrected chi connectivity index (χ1v) is 6.77. The lowest BCUT2D eigenvalue weighted by Crippen LogP contribution is -2.04. The van der Waals surface area contributed by atoms with Crippen molar-refractivity contribution in [3.63, 3.8) is 0 Å². The van der Waals surface area contributed by atoms with Crippen LogP contribution < -0.4 is 10.2 Å². The van der Waals surface area contributed by atoms with Crippen LogP contribution in [0, 0.1) is 0 Å². The van der Waals surface area contributed by atoms with Gasteiger partial charge < -0.3 is 4.74 Å². The number of aromatic nitrogens is 2. The number of hydrogen-bond acceptors (Lipinski definition) is 5. The van der Waals surface area contributed by atoms with E-state index in [2.05, 4.69) is 25.5 Å². The number of halogens is 2. The maximum Gasteiger partial charge on any atom is 0.387 e. The van der Waals surface area contributed by atoms with Gasteiger partial charge in [-0.25, -0.2) is 0 Å². The molecule has 0 saturated heterocycles. The monoisotopic (exact) mass is 314 g/mol. The lowest BCUT2D eigenvalue weighted by atomic mass is 10.2. The number of alkyl halides is 2. The van der Waals surface area contributed by atoms with Crippen LogP contribution in [0.3, 0.4) is 0 Å². The molecule has 7 heteroatoms. The Morgan fingerprint density at radius 1 is 1.09 bits per heavy atom. The first-order valence-electron chi connectivity index (χ1n) is 6.77. The molecule has 0 saturated carbocycles. The highest BCUT2D eigenvalue weighted by Crippen LogP contribution is 2.20. The number of fused-ring (bicyclic) bond motifs is 1. The van der Waals surface area contributed by atoms with Crippen molar-refractivity contribution in [1.82, 2.24) is 10.2 Å². The van der Waals surface area contributed by atoms with Crippen LogP contribution in [0.5, 0.6) is 5.75 Å². The van der Waals surface area contributed by atoms with Crippen LogP contribution in [0.15, 0.2) is 59.8 Å². The van der Waals surface area contributed by atoms with Gasteiger partial charge in [0.1, 0.15) is 5.75 Å². The molecule has 0 amide bonds. The number of benzene rings is 2. The Balaban J connectivity index is 1.81. The second-order valence-electron chi connectivity index (χ2n) is 4.57. The topological polar surface area (TPSA) is 59.4 Å². The molecule has 3 rings (SSSR count). The Morgan fingerprint density at radius 3 is 2.74 bits per heavy atom. The van der Waals surface area contributed by atoms with Crippen molar-refractivity contribution >= 4 is 22.8 Å². The maximum absolute atomic E-state index is 12.4. The highest BCUT2D eigenvalue weighted by molar-refractivity contribution is 5.91. The van der Waals surface area contributed by atoms with Crippen molar-refractivity contribution in [2.24, 2.45) is 5.10 Å². The molecule has 0 spiro atoms. The van der Waals surface area contributed by atoms with E-state index in [1.807, 2.05) is 24.3 Å². The number of rotatable bonds is 5. The fourth-order valence-corrected chi connectivity index (χ4v) is 2.06. The average molecular weight is 314 g/mol. The fraction of sp³-hybridized carbons (Fsp3) is 0.0625. The lowest BCUT2D eigenvalue weighted by Gasteiger charge is -2.07. The van der Waals surface area contributed by atoms with Crippen molar-refractivity contribution in [3.05, 3.63) is 60.3 Å². The Kier molecular flexibility index (Phi) is 4.37. The third kappa shape index (κ3) is 3.57. The summed E-state index contributed by atoms with van der Waals surface area (Å²) in [5, 5.41) is 13.7. The molecule has 1 N–H and O–H groups in total. The highest BCUT2D eigenvalue weighted by atomic mass is 19.3. The smallest absolute Gasteiger partial charge is 0.387 e. The number of ether oxygens (including phenoxy) is 1. The summed E-state index contributed by atoms with van der Waals surface area (Å²) in [5.41, 5.74) is 3.19. The van der Waals surface area contributed by atoms with Crippen molar-refractivity contribution in [2.45, 2.75) is 6.61 Å². The number of nitrogens with zero attached hydrogens (tertiary/aromatic N) is 3. The van der Waals surface area contributed by atoms with Crippen LogP contribution in [0.1, 0.15) is 5.56 Å². The quantitative estimate of drug-likeness (QED) is 0.576. The molecular formula is C16H12F2N4O. The van der Waals surface area contributed by atoms with Gasteiger partial charge in [0, 0.05) is 16.3 Å². The predicted molar refractivity (Wildman–Crippen MR) is 83.8 cm³/mol. The summed E-state index contributed by atoms with van der Waals surface area (Å²) in [6.45, 7) is -2.89. The van der Waals surface area contributed by atoms with Gasteiger partial charge in [-0.05, 0) is 12.1 Å². The molecule has 0 fully saturated rings. The summed E-state index contributed by atoms with van der Waals surface area (Å²) < 4.78 is 29.2. The Morgan fingerprint density at radius 2 is 1.87 bits per heavy atom. The summed E-state index contributed by atoms with van der Waals surface area (Å²) in [7, 11) is 0. The van der Waals surface area contributed by atoms with Crippen LogP contribution in [0.4, 0.5) is 14.6 Å². The summed E-state index contributed by atoms with van der Waals surface area (Å²) in [5.74, 6) is 0.531. The lowest BCUT2D eigenvalue weighted by molar-refractivity contribution is -0.0499. The zero-order chi connectivity index (χ0) is 16.1. The molecule has 0 bridgehead atoms. The van der Waals surface area contributed by atoms with Gasteiger partial charge in [0.25, 0.3) is 0 Å². The van der Waals surface area contributed by atoms with Gasteiger partial charge in [0.05, 0.1) is 12.4 Å². The summed E-state index contributed by atoms with van der Waals surface area (Å²) in [4.78, 5) is 0. The summed E-state index contributed by atoms with van der Waals surface area (Å²) >= 11 is 0. The van der Waals surface area contributed by atoms with Gasteiger partial charge in [-0.3, -0.25) is 5.43 Å². The van der Waals surface area contributed by atoms with Crippen molar-refractivity contribution in [2.75, 3.05) is 5.43 Å². The third-order valence-electron chi connectivity index (χ3n) is 3.08. The average Bonchev–Trinajstić information content (AvgIpc) is 2.56. The van der Waals surface area contributed by atoms with E-state index in [4.69, 9.17) is 0 Å². The second-order valence-corrected chi connectivity index (χ2v) is 4.57. The zero-order valence-electron chi connectivity index (χ0n) is 11.9. The molecule has 116 valence electrons. The van der Waals surface area contributed by atoms with E-state index >= 15 is 0 Å². The first-order chi connectivity index (χ1) is 11.2. The molecule has 5 nitrogen and oxygen atoms in total. The molecule has 1 aromatic heterocycles. The van der Waals surface area contributed by atoms with E-state index in [1.54, 1.807) is 24.4 Å². The number of anilines is 1. The number of para-hydroxylation sites is 1. The molecule has 0 unspecified atom stereocenters. The second kappa shape index (κ2) is 6.78. The number of nitrogens with one attached hydrogen (secondary N) is 1. The van der Waals surface area contributed by atoms with Crippen LogP contribution in [-0.2, 0) is 0 Å². The van der Waals surface area contributed by atoms with E-state index in [1.165, 1.54) is 12.3 Å². The van der Waals surface area contributed by atoms with Gasteiger partial charge in [0.15, 0.2) is 5.82 Å². The molecule has 23 heavy (non-hydrogen) atoms. The first kappa shape index (κ1) is 14.8. The van der Waals surface area contributed by atoms with Crippen molar-refractivity contribution in [3.8, 4) is 5.75 Å². The highest BCUT2D eigenvalue weighted by Gasteiger charge is 2.07. The molecule has 0 radical (unpaired) electrons. The van der Waals surface area contributed by atoms with E-state index in [9.17, 15) is 8.78 Å². The van der Waals surface area contributed by atoms with Gasteiger partial charge >= 0.3 is 6.61 Å². The standard InChI is InChI=1S/C16H12F2N4O/c17-16(18)23-14-8-4-2-6-12(14)10-20-22-15-13-7-3-1-5-11(13)9-19-21-15/h1-10,16H,(H,21,22)/b20-10-. The normalized spacial score (nSPS) is 11.3. The molecule has 0 atom stereocenters. The minimum Gasteiger partial charge on any atom is -0.434 e. The Labute approximate surface area is 130 Å². The van der Waals surface area contributed by atoms with Crippen LogP contribution >= 0.6 is 0 Å². The fourth-order valence-electron chi connectivity index (χ4n) is 2.06. The molecule has 2 aromatic carbocycles. The molecule has 0 aliphatic carbocycles. The van der Waals surface area contributed by atoms with Crippen molar-refractivity contribution in [1.29, 1.82) is 0 Å². The third-order valence-corrected chi connectivity index (χ3v) is 3.08. The molecule has 1 heterocycles. The molecule has 0 aliphatic heterocycles. The van der Waals surface area contributed by atoms with Gasteiger partial charge in [-0.15, -0.1) is 5.10 Å². The van der Waals surface area contributed by atoms with Crippen LogP contribution in [-0.4, -0.2) is 23.0 Å². The van der Waals surface area contributed by atoms with Gasteiger partial charge in [-0.2, -0.15) is 19.0 Å². The van der Waals surface area contributed by atoms with Gasteiger partial charge in [-0.1, -0.05) is 36.4 Å². The van der Waals surface area contributed by atoms with E-state index in [0.29, 0.717) is 11.4 Å². The Bertz CT molecular complexity index is 834. The summed E-state index contributed by atoms with van der Waals surface area (Å²) in [6.07, 6.45) is 3.04. The van der Waals surface area contributed by atoms with E-state index < -0.39 is 6.61 Å². The van der Waals surface area contributed by atoms with E-state index in [-0.39, 0.29) is 5.75 Å². The SMILES string of the molecule is FC(F)Oc1ccccc1/C=N\Nc1nncc2ccccc12. The minimum absolute atomic E-state index is 0.0528. The zero-order valence-corrected chi connectivity index (χ0v) is 11.9. The number of hydrogen-bond donors (Lipinski definition) is 1. The van der Waals surface area contributed by atoms with Gasteiger partial charge in [0.2, 0.25) is 0 Å².